The van der Waals surface area contributed by atoms with Crippen LogP contribution in [0.2, 0.25) is 0 Å². The molecule has 1 aromatic heterocycles. The first-order valence-electron chi connectivity index (χ1n) is 7.42. The molecule has 2 amide bonds. The average molecular weight is 382 g/mol. The van der Waals surface area contributed by atoms with Gasteiger partial charge in [0.15, 0.2) is 6.04 Å². The zero-order valence-corrected chi connectivity index (χ0v) is 14.7. The van der Waals surface area contributed by atoms with Crippen molar-refractivity contribution in [3.05, 3.63) is 24.3 Å². The van der Waals surface area contributed by atoms with Crippen molar-refractivity contribution in [1.82, 2.24) is 20.3 Å². The molecule has 2 rings (SSSR count). The Balaban J connectivity index is 2.24. The molecule has 0 radical (unpaired) electrons. The zero-order valence-electron chi connectivity index (χ0n) is 13.9. The standard InChI is InChI=1S/C14H17N5O6S/c1-8-5-10(20)19(8)11(13(22)23)14(2,26(24)25)7-17-18-12(21)9-6-15-3-4-16-9/h3-4,6-8,11H,5H2,1-2H3,(H,18,21)(H,22,23)(H,24,25)/p-1/b17-7+/t8-,11+,14+/m1/s1. The monoisotopic (exact) mass is 382 g/mol. The molecule has 1 aromatic rings. The molecule has 1 aliphatic rings. The molecule has 0 aliphatic carbocycles. The molecule has 0 spiro atoms. The number of aliphatic carboxylic acids is 1. The summed E-state index contributed by atoms with van der Waals surface area (Å²) in [6.45, 7) is 2.71. The summed E-state index contributed by atoms with van der Waals surface area (Å²) in [5, 5.41) is 13.0. The van der Waals surface area contributed by atoms with Crippen molar-refractivity contribution in [1.29, 1.82) is 0 Å². The molecule has 4 atom stereocenters. The van der Waals surface area contributed by atoms with Crippen LogP contribution in [0.25, 0.3) is 0 Å². The summed E-state index contributed by atoms with van der Waals surface area (Å²) >= 11 is -2.95. The van der Waals surface area contributed by atoms with Gasteiger partial charge >= 0.3 is 5.97 Å². The van der Waals surface area contributed by atoms with E-state index in [4.69, 9.17) is 0 Å². The van der Waals surface area contributed by atoms with E-state index in [1.54, 1.807) is 6.92 Å². The number of nitrogens with zero attached hydrogens (tertiary/aromatic N) is 4. The Morgan fingerprint density at radius 3 is 2.73 bits per heavy atom. The van der Waals surface area contributed by atoms with Gasteiger partial charge in [-0.15, -0.1) is 0 Å². The number of β-lactam (4-membered cyclic amide) rings is 1. The first-order valence-corrected chi connectivity index (χ1v) is 8.50. The molecule has 1 aliphatic heterocycles. The number of carbonyl (C=O) groups is 3. The fourth-order valence-corrected chi connectivity index (χ4v) is 3.06. The average Bonchev–Trinajstić information content (AvgIpc) is 2.59. The molecule has 0 saturated carbocycles. The van der Waals surface area contributed by atoms with Crippen LogP contribution in [-0.4, -0.2) is 69.6 Å². The summed E-state index contributed by atoms with van der Waals surface area (Å²) in [6.07, 6.45) is 4.73. The van der Waals surface area contributed by atoms with E-state index in [0.29, 0.717) is 0 Å². The minimum absolute atomic E-state index is 0.0593. The van der Waals surface area contributed by atoms with E-state index in [9.17, 15) is 28.3 Å². The van der Waals surface area contributed by atoms with Crippen molar-refractivity contribution < 1.29 is 28.3 Å². The van der Waals surface area contributed by atoms with E-state index in [1.807, 2.05) is 0 Å². The molecule has 0 aromatic carbocycles. The Bertz CT molecular complexity index is 772. The molecule has 1 saturated heterocycles. The van der Waals surface area contributed by atoms with Crippen LogP contribution >= 0.6 is 0 Å². The quantitative estimate of drug-likeness (QED) is 0.260. The molecular weight excluding hydrogens is 366 g/mol. The van der Waals surface area contributed by atoms with Gasteiger partial charge in [-0.25, -0.2) is 15.2 Å². The van der Waals surface area contributed by atoms with Crippen LogP contribution in [0.3, 0.4) is 0 Å². The van der Waals surface area contributed by atoms with Gasteiger partial charge in [-0.3, -0.25) is 18.8 Å². The topological polar surface area (TPSA) is 165 Å². The molecular formula is C14H16N5O6S-. The zero-order chi connectivity index (χ0) is 19.5. The number of hydrogen-bond acceptors (Lipinski definition) is 8. The summed E-state index contributed by atoms with van der Waals surface area (Å²) < 4.78 is 21.4. The van der Waals surface area contributed by atoms with Gasteiger partial charge in [0, 0.05) is 31.1 Å². The van der Waals surface area contributed by atoms with Crippen molar-refractivity contribution in [2.24, 2.45) is 5.10 Å². The maximum absolute atomic E-state index is 11.8. The fourth-order valence-electron chi connectivity index (χ4n) is 2.53. The Morgan fingerprint density at radius 1 is 1.58 bits per heavy atom. The summed E-state index contributed by atoms with van der Waals surface area (Å²) in [5.41, 5.74) is 2.00. The lowest BCUT2D eigenvalue weighted by Gasteiger charge is -2.48. The van der Waals surface area contributed by atoms with Gasteiger partial charge in [-0.2, -0.15) is 5.10 Å². The molecule has 12 heteroatoms. The van der Waals surface area contributed by atoms with Gasteiger partial charge in [-0.1, -0.05) is 0 Å². The number of rotatable bonds is 7. The van der Waals surface area contributed by atoms with Crippen molar-refractivity contribution in [2.75, 3.05) is 0 Å². The summed E-state index contributed by atoms with van der Waals surface area (Å²) in [6, 6.07) is -2.11. The predicted octanol–water partition coefficient (Wildman–Crippen LogP) is -1.10. The van der Waals surface area contributed by atoms with E-state index in [2.05, 4.69) is 20.5 Å². The minimum Gasteiger partial charge on any atom is -0.772 e. The maximum atomic E-state index is 11.8. The number of aromatic nitrogens is 2. The van der Waals surface area contributed by atoms with Gasteiger partial charge in [0.1, 0.15) is 5.69 Å². The molecule has 26 heavy (non-hydrogen) atoms. The third-order valence-electron chi connectivity index (χ3n) is 3.93. The van der Waals surface area contributed by atoms with Gasteiger partial charge in [0.05, 0.1) is 10.9 Å². The van der Waals surface area contributed by atoms with Crippen LogP contribution in [0.1, 0.15) is 30.8 Å². The SMILES string of the molecule is C[C@@H]1CC(=O)N1[C@@H](C(=O)O)[C@](C)(/C=N/NC(=O)c1cnccn1)S(=O)[O-]. The smallest absolute Gasteiger partial charge is 0.328 e. The Labute approximate surface area is 150 Å². The number of nitrogens with one attached hydrogen (secondary N) is 1. The van der Waals surface area contributed by atoms with Gasteiger partial charge in [-0.05, 0) is 24.9 Å². The van der Waals surface area contributed by atoms with E-state index in [1.165, 1.54) is 18.6 Å². The second-order valence-electron chi connectivity index (χ2n) is 5.80. The maximum Gasteiger partial charge on any atom is 0.328 e. The first kappa shape index (κ1) is 19.6. The van der Waals surface area contributed by atoms with Gasteiger partial charge in [0.2, 0.25) is 5.91 Å². The largest absolute Gasteiger partial charge is 0.772 e. The fraction of sp³-hybridized carbons (Fsp3) is 0.429. The minimum atomic E-state index is -2.95. The Hall–Kier alpha value is -2.73. The summed E-state index contributed by atoms with van der Waals surface area (Å²) in [7, 11) is 0. The lowest BCUT2D eigenvalue weighted by molar-refractivity contribution is -0.161. The number of carboxylic acids is 1. The van der Waals surface area contributed by atoms with E-state index in [0.717, 1.165) is 18.0 Å². The number of carboxylic acid groups (broad SMARTS) is 1. The van der Waals surface area contributed by atoms with Gasteiger partial charge < -0.3 is 14.6 Å². The molecule has 1 unspecified atom stereocenters. The highest BCUT2D eigenvalue weighted by Gasteiger charge is 2.51. The third-order valence-corrected chi connectivity index (χ3v) is 4.98. The highest BCUT2D eigenvalue weighted by molar-refractivity contribution is 7.81. The molecule has 2 heterocycles. The molecule has 0 bridgehead atoms. The third kappa shape index (κ3) is 3.75. The second-order valence-corrected chi connectivity index (χ2v) is 7.15. The second kappa shape index (κ2) is 7.66. The van der Waals surface area contributed by atoms with E-state index in [-0.39, 0.29) is 12.1 Å². The Kier molecular flexibility index (Phi) is 5.77. The number of likely N-dealkylation sites (tertiary alicyclic amines) is 1. The van der Waals surface area contributed by atoms with Crippen LogP contribution < -0.4 is 5.43 Å². The summed E-state index contributed by atoms with van der Waals surface area (Å²) in [5.74, 6) is -2.73. The lowest BCUT2D eigenvalue weighted by atomic mass is 9.92. The number of amides is 2. The highest BCUT2D eigenvalue weighted by atomic mass is 32.2. The van der Waals surface area contributed by atoms with Crippen LogP contribution in [-0.2, 0) is 20.7 Å². The van der Waals surface area contributed by atoms with Crippen LogP contribution in [0.5, 0.6) is 0 Å². The molecule has 1 fully saturated rings. The number of carbonyl (C=O) groups excluding carboxylic acids is 2. The number of hydrogen-bond donors (Lipinski definition) is 2. The highest BCUT2D eigenvalue weighted by Crippen LogP contribution is 2.30. The van der Waals surface area contributed by atoms with E-state index < -0.39 is 45.7 Å². The van der Waals surface area contributed by atoms with Crippen LogP contribution in [0.15, 0.2) is 23.7 Å². The van der Waals surface area contributed by atoms with Crippen molar-refractivity contribution in [2.45, 2.75) is 37.1 Å². The van der Waals surface area contributed by atoms with Crippen molar-refractivity contribution in [3.8, 4) is 0 Å². The van der Waals surface area contributed by atoms with E-state index >= 15 is 0 Å². The molecule has 140 valence electrons. The molecule has 2 N–H and O–H groups in total. The van der Waals surface area contributed by atoms with Crippen molar-refractivity contribution in [3.63, 3.8) is 0 Å². The number of hydrazone groups is 1. The van der Waals surface area contributed by atoms with Crippen LogP contribution in [0, 0.1) is 0 Å². The normalized spacial score (nSPS) is 21.6. The van der Waals surface area contributed by atoms with Gasteiger partial charge in [0.25, 0.3) is 5.91 Å². The van der Waals surface area contributed by atoms with Crippen molar-refractivity contribution >= 4 is 35.1 Å². The first-order chi connectivity index (χ1) is 12.2. The van der Waals surface area contributed by atoms with Crippen LogP contribution in [0.4, 0.5) is 0 Å². The summed E-state index contributed by atoms with van der Waals surface area (Å²) in [4.78, 5) is 43.7. The lowest BCUT2D eigenvalue weighted by Crippen LogP contribution is -2.67. The predicted molar refractivity (Wildman–Crippen MR) is 87.7 cm³/mol. The molecule has 11 nitrogen and oxygen atoms in total. The Morgan fingerprint density at radius 2 is 2.27 bits per heavy atom.